The third kappa shape index (κ3) is 4.08. The Bertz CT molecular complexity index is 56.7. The minimum atomic E-state index is -0.189. The second-order valence-electron chi connectivity index (χ2n) is 0.252. The molecule has 0 aromatic rings. The summed E-state index contributed by atoms with van der Waals surface area (Å²) < 4.78 is 13.4. The van der Waals surface area contributed by atoms with E-state index in [1.165, 1.54) is 0 Å². The summed E-state index contributed by atoms with van der Waals surface area (Å²) in [6, 6.07) is 0. The van der Waals surface area contributed by atoms with Crippen molar-refractivity contribution >= 4 is 29.7 Å². The number of halogens is 1. The fourth-order valence-electron chi connectivity index (χ4n) is 0.0141. The molecule has 0 unspecified atom stereocenters. The van der Waals surface area contributed by atoms with Crippen molar-refractivity contribution in [3.8, 4) is 0 Å². The molecule has 28 valence electrons. The fourth-order valence-corrected chi connectivity index (χ4v) is 0.127. The lowest BCUT2D eigenvalue weighted by atomic mass is 11.8. The van der Waals surface area contributed by atoms with E-state index in [-0.39, 0.29) is 12.3 Å². The number of isothiocyanates is 1. The number of hydrogen-bond acceptors (Lipinski definition) is 3. The van der Waals surface area contributed by atoms with Crippen molar-refractivity contribution in [2.45, 2.75) is 0 Å². The molecule has 5 heavy (non-hydrogen) atoms. The molecule has 0 amide bonds. The van der Waals surface area contributed by atoms with Gasteiger partial charge in [0, 0.05) is 0 Å². The van der Waals surface area contributed by atoms with Crippen molar-refractivity contribution in [1.82, 2.24) is 0 Å². The van der Waals surface area contributed by atoms with Gasteiger partial charge in [-0.3, -0.25) is 0 Å². The molecule has 0 aromatic carbocycles. The summed E-state index contributed by atoms with van der Waals surface area (Å²) in [5.41, 5.74) is 0. The largest absolute Gasteiger partial charge is 0.196 e. The van der Waals surface area contributed by atoms with Crippen LogP contribution in [0.2, 0.25) is 0 Å². The van der Waals surface area contributed by atoms with E-state index < -0.39 is 0 Å². The van der Waals surface area contributed by atoms with Gasteiger partial charge in [-0.15, -0.1) is 8.28 Å². The van der Waals surface area contributed by atoms with Crippen LogP contribution in [0.25, 0.3) is 0 Å². The Labute approximate surface area is 38.7 Å². The monoisotopic (exact) mass is 109 g/mol. The average molecular weight is 109 g/mol. The summed E-state index contributed by atoms with van der Waals surface area (Å²) in [4.78, 5) is 0. The predicted molar refractivity (Wildman–Crippen MR) is 23.7 cm³/mol. The topological polar surface area (TPSA) is 12.4 Å². The number of thiocarbonyl (C=S) groups is 1. The summed E-state index contributed by atoms with van der Waals surface area (Å²) in [6.07, 6.45) is 0. The van der Waals surface area contributed by atoms with Crippen LogP contribution in [0.5, 0.6) is 0 Å². The van der Waals surface area contributed by atoms with Crippen LogP contribution in [0.3, 0.4) is 0 Å². The minimum absolute atomic E-state index is 0.189. The standard InChI is InChI=1S/CFNS2/c2-5-3-1-4. The molecule has 0 aliphatic rings. The molecule has 0 radical (unpaired) electrons. The molecular formula is CFNS2. The highest BCUT2D eigenvalue weighted by Gasteiger charge is 1.57. The van der Waals surface area contributed by atoms with Gasteiger partial charge in [-0.2, -0.15) is 0 Å². The number of hydrogen-bond donors (Lipinski definition) is 0. The van der Waals surface area contributed by atoms with Gasteiger partial charge in [0.2, 0.25) is 0 Å². The van der Waals surface area contributed by atoms with E-state index >= 15 is 0 Å². The van der Waals surface area contributed by atoms with Crippen LogP contribution in [0.15, 0.2) is 4.40 Å². The van der Waals surface area contributed by atoms with Crippen LogP contribution in [0.4, 0.5) is 3.89 Å². The highest BCUT2D eigenvalue weighted by atomic mass is 32.2. The third-order valence-corrected chi connectivity index (χ3v) is 0.439. The molecule has 1 nitrogen and oxygen atoms in total. The molecule has 0 aliphatic heterocycles. The first kappa shape index (κ1) is 5.08. The third-order valence-electron chi connectivity index (χ3n) is 0.0718. The summed E-state index contributed by atoms with van der Waals surface area (Å²) in [7, 11) is 0. The quantitative estimate of drug-likeness (QED) is 0.288. The van der Waals surface area contributed by atoms with Gasteiger partial charge >= 0.3 is 0 Å². The lowest BCUT2D eigenvalue weighted by Gasteiger charge is -1.52. The van der Waals surface area contributed by atoms with Crippen molar-refractivity contribution in [3.63, 3.8) is 0 Å². The second kappa shape index (κ2) is 4.08. The van der Waals surface area contributed by atoms with E-state index in [0.29, 0.717) is 0 Å². The van der Waals surface area contributed by atoms with Crippen LogP contribution in [0.1, 0.15) is 0 Å². The molecule has 0 rings (SSSR count). The molecule has 0 bridgehead atoms. The van der Waals surface area contributed by atoms with Crippen molar-refractivity contribution in [1.29, 1.82) is 0 Å². The van der Waals surface area contributed by atoms with Gasteiger partial charge in [0.1, 0.15) is 0 Å². The lowest BCUT2D eigenvalue weighted by molar-refractivity contribution is 0.939. The van der Waals surface area contributed by atoms with Crippen LogP contribution in [0, 0.1) is 0 Å². The zero-order valence-corrected chi connectivity index (χ0v) is 3.77. The molecule has 0 saturated heterocycles. The zero-order valence-electron chi connectivity index (χ0n) is 2.14. The van der Waals surface area contributed by atoms with Crippen LogP contribution in [-0.4, -0.2) is 5.16 Å². The Hall–Kier alpha value is 0.0800. The zero-order chi connectivity index (χ0) is 4.12. The fraction of sp³-hybridized carbons (Fsp3) is 0. The maximum Gasteiger partial charge on any atom is 0.196 e. The normalized spacial score (nSPS) is 5.80. The highest BCUT2D eigenvalue weighted by Crippen LogP contribution is 1.96. The molecule has 0 fully saturated rings. The van der Waals surface area contributed by atoms with Gasteiger partial charge in [-0.25, -0.2) is 0 Å². The molecule has 0 atom stereocenters. The first-order valence-electron chi connectivity index (χ1n) is 0.765. The maximum atomic E-state index is 10.6. The first-order chi connectivity index (χ1) is 2.41. The molecular weight excluding hydrogens is 109 g/mol. The van der Waals surface area contributed by atoms with Crippen LogP contribution >= 0.6 is 24.6 Å². The van der Waals surface area contributed by atoms with E-state index in [9.17, 15) is 3.89 Å². The molecule has 0 N–H and O–H groups in total. The second-order valence-corrected chi connectivity index (χ2v) is 0.755. The summed E-state index contributed by atoms with van der Waals surface area (Å²) >= 11 is 3.78. The molecule has 0 aliphatic carbocycles. The van der Waals surface area contributed by atoms with E-state index in [4.69, 9.17) is 0 Å². The van der Waals surface area contributed by atoms with Gasteiger partial charge < -0.3 is 0 Å². The van der Waals surface area contributed by atoms with Gasteiger partial charge in [-0.1, -0.05) is 0 Å². The van der Waals surface area contributed by atoms with Crippen molar-refractivity contribution in [2.75, 3.05) is 0 Å². The minimum Gasteiger partial charge on any atom is -0.138 e. The van der Waals surface area contributed by atoms with Crippen LogP contribution in [-0.2, 0) is 0 Å². The van der Waals surface area contributed by atoms with Crippen LogP contribution < -0.4 is 0 Å². The SMILES string of the molecule is FSN=C=S. The van der Waals surface area contributed by atoms with E-state index in [1.54, 1.807) is 0 Å². The molecule has 0 heterocycles. The van der Waals surface area contributed by atoms with Crippen molar-refractivity contribution in [2.24, 2.45) is 4.40 Å². The molecule has 0 aromatic heterocycles. The molecule has 4 heteroatoms. The first-order valence-corrected chi connectivity index (χ1v) is 1.85. The summed E-state index contributed by atoms with van der Waals surface area (Å²) in [5, 5.41) is 1.81. The average Bonchev–Trinajstić information content (AvgIpc) is 1.41. The number of rotatable bonds is 1. The Morgan fingerprint density at radius 2 is 2.60 bits per heavy atom. The van der Waals surface area contributed by atoms with E-state index in [2.05, 4.69) is 16.6 Å². The molecule has 0 saturated carbocycles. The maximum absolute atomic E-state index is 10.6. The number of nitrogens with zero attached hydrogens (tertiary/aromatic N) is 1. The molecule has 0 spiro atoms. The van der Waals surface area contributed by atoms with E-state index in [0.717, 1.165) is 0 Å². The Morgan fingerprint density at radius 1 is 2.00 bits per heavy atom. The summed E-state index contributed by atoms with van der Waals surface area (Å²) in [6.45, 7) is 0. The smallest absolute Gasteiger partial charge is 0.138 e. The predicted octanol–water partition coefficient (Wildman–Crippen LogP) is 1.62. The van der Waals surface area contributed by atoms with E-state index in [1.807, 2.05) is 5.16 Å². The summed E-state index contributed by atoms with van der Waals surface area (Å²) in [5.74, 6) is 0. The van der Waals surface area contributed by atoms with Crippen molar-refractivity contribution < 1.29 is 3.89 Å². The lowest BCUT2D eigenvalue weighted by Crippen LogP contribution is -1.26. The Balaban J connectivity index is 2.93. The van der Waals surface area contributed by atoms with Gasteiger partial charge in [0.05, 0.1) is 5.16 Å². The van der Waals surface area contributed by atoms with Crippen molar-refractivity contribution in [3.05, 3.63) is 0 Å². The van der Waals surface area contributed by atoms with Gasteiger partial charge in [-0.05, 0) is 12.2 Å². The highest BCUT2D eigenvalue weighted by molar-refractivity contribution is 7.93. The van der Waals surface area contributed by atoms with Gasteiger partial charge in [0.25, 0.3) is 0 Å². The van der Waals surface area contributed by atoms with Gasteiger partial charge in [0.15, 0.2) is 12.3 Å². The Kier molecular flexibility index (Phi) is 4.15. The Morgan fingerprint density at radius 3 is 2.60 bits per heavy atom.